The molecule has 0 amide bonds. The SMILES string of the molecule is Cc1ccc(Cc2n[nH]c(=O)cc2C)cc1Oc1cccc(Cl)n1. The minimum absolute atomic E-state index is 0.198. The quantitative estimate of drug-likeness (QED) is 0.732. The van der Waals surface area contributed by atoms with E-state index in [0.29, 0.717) is 23.2 Å². The lowest BCUT2D eigenvalue weighted by Crippen LogP contribution is -2.10. The van der Waals surface area contributed by atoms with Crippen molar-refractivity contribution < 1.29 is 4.74 Å². The van der Waals surface area contributed by atoms with Crippen LogP contribution < -0.4 is 10.3 Å². The number of aromatic nitrogens is 3. The third-order valence-electron chi connectivity index (χ3n) is 3.63. The van der Waals surface area contributed by atoms with E-state index in [1.54, 1.807) is 24.3 Å². The summed E-state index contributed by atoms with van der Waals surface area (Å²) in [5, 5.41) is 6.97. The first-order valence-corrected chi connectivity index (χ1v) is 7.84. The predicted molar refractivity (Wildman–Crippen MR) is 92.9 cm³/mol. The largest absolute Gasteiger partial charge is 0.439 e. The Balaban J connectivity index is 1.87. The maximum absolute atomic E-state index is 11.3. The van der Waals surface area contributed by atoms with Crippen LogP contribution in [0.3, 0.4) is 0 Å². The first-order valence-electron chi connectivity index (χ1n) is 7.46. The molecular formula is C18H16ClN3O2. The Morgan fingerprint density at radius 3 is 2.71 bits per heavy atom. The Bertz CT molecular complexity index is 938. The number of rotatable bonds is 4. The molecule has 0 unspecified atom stereocenters. The highest BCUT2D eigenvalue weighted by molar-refractivity contribution is 6.29. The van der Waals surface area contributed by atoms with Gasteiger partial charge < -0.3 is 4.74 Å². The van der Waals surface area contributed by atoms with E-state index in [-0.39, 0.29) is 5.56 Å². The second-order valence-electron chi connectivity index (χ2n) is 5.54. The summed E-state index contributed by atoms with van der Waals surface area (Å²) in [5.74, 6) is 1.16. The summed E-state index contributed by atoms with van der Waals surface area (Å²) in [6.07, 6.45) is 0.599. The zero-order chi connectivity index (χ0) is 17.1. The van der Waals surface area contributed by atoms with Crippen molar-refractivity contribution >= 4 is 11.6 Å². The number of hydrogen-bond acceptors (Lipinski definition) is 4. The third kappa shape index (κ3) is 3.81. The summed E-state index contributed by atoms with van der Waals surface area (Å²) >= 11 is 5.89. The van der Waals surface area contributed by atoms with Crippen molar-refractivity contribution in [1.82, 2.24) is 15.2 Å². The minimum atomic E-state index is -0.198. The molecule has 0 spiro atoms. The molecule has 0 radical (unpaired) electrons. The highest BCUT2D eigenvalue weighted by Gasteiger charge is 2.08. The topological polar surface area (TPSA) is 67.9 Å². The first-order chi connectivity index (χ1) is 11.5. The van der Waals surface area contributed by atoms with Crippen LogP contribution in [0.25, 0.3) is 0 Å². The number of pyridine rings is 1. The molecule has 6 heteroatoms. The molecule has 0 saturated heterocycles. The molecule has 0 aliphatic rings. The summed E-state index contributed by atoms with van der Waals surface area (Å²) in [7, 11) is 0. The van der Waals surface area contributed by atoms with Crippen molar-refractivity contribution in [3.8, 4) is 11.6 Å². The molecule has 1 N–H and O–H groups in total. The zero-order valence-corrected chi connectivity index (χ0v) is 14.1. The van der Waals surface area contributed by atoms with Crippen LogP contribution >= 0.6 is 11.6 Å². The van der Waals surface area contributed by atoms with E-state index in [2.05, 4.69) is 15.2 Å². The van der Waals surface area contributed by atoms with Gasteiger partial charge in [0.15, 0.2) is 0 Å². The van der Waals surface area contributed by atoms with Crippen LogP contribution in [0.2, 0.25) is 5.15 Å². The van der Waals surface area contributed by atoms with Gasteiger partial charge in [0.1, 0.15) is 10.9 Å². The van der Waals surface area contributed by atoms with Gasteiger partial charge in [0, 0.05) is 18.6 Å². The lowest BCUT2D eigenvalue weighted by molar-refractivity contribution is 0.459. The molecule has 2 aromatic heterocycles. The van der Waals surface area contributed by atoms with E-state index in [1.807, 2.05) is 32.0 Å². The number of ether oxygens (including phenoxy) is 1. The minimum Gasteiger partial charge on any atom is -0.439 e. The maximum atomic E-state index is 11.3. The van der Waals surface area contributed by atoms with Crippen LogP contribution in [0.15, 0.2) is 47.3 Å². The number of nitrogens with one attached hydrogen (secondary N) is 1. The van der Waals surface area contributed by atoms with E-state index in [1.165, 1.54) is 0 Å². The van der Waals surface area contributed by atoms with Gasteiger partial charge in [-0.05, 0) is 42.7 Å². The number of H-pyrrole nitrogens is 1. The molecule has 0 aliphatic carbocycles. The maximum Gasteiger partial charge on any atom is 0.264 e. The van der Waals surface area contributed by atoms with Crippen LogP contribution in [0.5, 0.6) is 11.6 Å². The molecular weight excluding hydrogens is 326 g/mol. The number of aromatic amines is 1. The Morgan fingerprint density at radius 1 is 1.12 bits per heavy atom. The van der Waals surface area contributed by atoms with Gasteiger partial charge in [-0.15, -0.1) is 0 Å². The van der Waals surface area contributed by atoms with Crippen LogP contribution in [0.1, 0.15) is 22.4 Å². The molecule has 122 valence electrons. The monoisotopic (exact) mass is 341 g/mol. The summed E-state index contributed by atoms with van der Waals surface area (Å²) in [6, 6.07) is 12.7. The number of hydrogen-bond donors (Lipinski definition) is 1. The fraction of sp³-hybridized carbons (Fsp3) is 0.167. The van der Waals surface area contributed by atoms with Crippen molar-refractivity contribution in [2.24, 2.45) is 0 Å². The van der Waals surface area contributed by atoms with Gasteiger partial charge in [-0.2, -0.15) is 5.10 Å². The highest BCUT2D eigenvalue weighted by atomic mass is 35.5. The van der Waals surface area contributed by atoms with Crippen LogP contribution in [-0.4, -0.2) is 15.2 Å². The summed E-state index contributed by atoms with van der Waals surface area (Å²) < 4.78 is 5.84. The Kier molecular flexibility index (Phi) is 4.62. The van der Waals surface area contributed by atoms with Gasteiger partial charge in [0.2, 0.25) is 5.88 Å². The molecule has 24 heavy (non-hydrogen) atoms. The van der Waals surface area contributed by atoms with Crippen molar-refractivity contribution in [2.45, 2.75) is 20.3 Å². The van der Waals surface area contributed by atoms with E-state index < -0.39 is 0 Å². The second kappa shape index (κ2) is 6.84. The number of halogens is 1. The molecule has 0 saturated carbocycles. The van der Waals surface area contributed by atoms with Gasteiger partial charge in [0.05, 0.1) is 5.69 Å². The van der Waals surface area contributed by atoms with Crippen LogP contribution in [-0.2, 0) is 6.42 Å². The predicted octanol–water partition coefficient (Wildman–Crippen LogP) is 3.82. The summed E-state index contributed by atoms with van der Waals surface area (Å²) in [6.45, 7) is 3.84. The molecule has 3 aromatic rings. The van der Waals surface area contributed by atoms with Gasteiger partial charge in [-0.25, -0.2) is 10.1 Å². The molecule has 0 fully saturated rings. The van der Waals surface area contributed by atoms with E-state index in [9.17, 15) is 4.79 Å². The van der Waals surface area contributed by atoms with E-state index in [0.717, 1.165) is 22.4 Å². The Hall–Kier alpha value is -2.66. The molecule has 5 nitrogen and oxygen atoms in total. The van der Waals surface area contributed by atoms with Crippen molar-refractivity contribution in [3.63, 3.8) is 0 Å². The highest BCUT2D eigenvalue weighted by Crippen LogP contribution is 2.26. The lowest BCUT2D eigenvalue weighted by Gasteiger charge is -2.11. The fourth-order valence-corrected chi connectivity index (χ4v) is 2.47. The molecule has 2 heterocycles. The van der Waals surface area contributed by atoms with Gasteiger partial charge >= 0.3 is 0 Å². The molecule has 0 aliphatic heterocycles. The summed E-state index contributed by atoms with van der Waals surface area (Å²) in [5.41, 5.74) is 3.51. The summed E-state index contributed by atoms with van der Waals surface area (Å²) in [4.78, 5) is 15.4. The second-order valence-corrected chi connectivity index (χ2v) is 5.93. The number of aryl methyl sites for hydroxylation is 2. The third-order valence-corrected chi connectivity index (χ3v) is 3.84. The van der Waals surface area contributed by atoms with E-state index >= 15 is 0 Å². The average Bonchev–Trinajstić information content (AvgIpc) is 2.53. The fourth-order valence-electron chi connectivity index (χ4n) is 2.32. The van der Waals surface area contributed by atoms with E-state index in [4.69, 9.17) is 16.3 Å². The smallest absolute Gasteiger partial charge is 0.264 e. The van der Waals surface area contributed by atoms with Gasteiger partial charge in [-0.1, -0.05) is 29.8 Å². The Morgan fingerprint density at radius 2 is 1.96 bits per heavy atom. The molecule has 0 bridgehead atoms. The van der Waals surface area contributed by atoms with Gasteiger partial charge in [0.25, 0.3) is 5.56 Å². The van der Waals surface area contributed by atoms with Crippen molar-refractivity contribution in [3.05, 3.63) is 80.4 Å². The number of benzene rings is 1. The first kappa shape index (κ1) is 16.2. The van der Waals surface area contributed by atoms with Crippen molar-refractivity contribution in [2.75, 3.05) is 0 Å². The normalized spacial score (nSPS) is 10.6. The van der Waals surface area contributed by atoms with Crippen LogP contribution in [0, 0.1) is 13.8 Å². The number of nitrogens with zero attached hydrogens (tertiary/aromatic N) is 2. The standard InChI is InChI=1S/C18H16ClN3O2/c1-11-6-7-13(9-14-12(2)8-17(23)22-21-14)10-15(11)24-18-5-3-4-16(19)20-18/h3-8,10H,9H2,1-2H3,(H,22,23). The molecule has 1 aromatic carbocycles. The average molecular weight is 342 g/mol. The Labute approximate surface area is 144 Å². The van der Waals surface area contributed by atoms with Gasteiger partial charge in [-0.3, -0.25) is 4.79 Å². The molecule has 3 rings (SSSR count). The lowest BCUT2D eigenvalue weighted by atomic mass is 10.0. The van der Waals surface area contributed by atoms with Crippen molar-refractivity contribution in [1.29, 1.82) is 0 Å². The molecule has 0 atom stereocenters. The van der Waals surface area contributed by atoms with Crippen LogP contribution in [0.4, 0.5) is 0 Å². The zero-order valence-electron chi connectivity index (χ0n) is 13.3.